The number of ether oxygens (including phenoxy) is 2. The molecule has 0 aliphatic carbocycles. The van der Waals surface area contributed by atoms with Gasteiger partial charge in [-0.15, -0.1) is 0 Å². The minimum atomic E-state index is -0.246. The van der Waals surface area contributed by atoms with Crippen molar-refractivity contribution in [1.82, 2.24) is 0 Å². The summed E-state index contributed by atoms with van der Waals surface area (Å²) in [6.07, 6.45) is 0. The first-order valence-electron chi connectivity index (χ1n) is 9.16. The zero-order valence-electron chi connectivity index (χ0n) is 16.4. The standard InChI is InChI=1S/C22H27NO4/c1-5-27-21-10-9-18(11-19(21)14-26-13-15(2)3)22(25)23-20-8-6-7-17(12-20)16(4)24/h6-12,15H,5,13-14H2,1-4H3,(H,23,25). The maximum Gasteiger partial charge on any atom is 0.255 e. The average molecular weight is 369 g/mol. The molecule has 0 unspecified atom stereocenters. The molecule has 0 aromatic heterocycles. The van der Waals surface area contributed by atoms with Crippen LogP contribution in [0.3, 0.4) is 0 Å². The molecule has 1 amide bonds. The molecule has 0 bridgehead atoms. The van der Waals surface area contributed by atoms with Gasteiger partial charge in [-0.25, -0.2) is 0 Å². The molecular formula is C22H27NO4. The van der Waals surface area contributed by atoms with E-state index in [1.54, 1.807) is 42.5 Å². The molecule has 0 saturated carbocycles. The van der Waals surface area contributed by atoms with Crippen LogP contribution in [0.2, 0.25) is 0 Å². The molecule has 0 spiro atoms. The Hall–Kier alpha value is -2.66. The Bertz CT molecular complexity index is 799. The molecule has 5 heteroatoms. The lowest BCUT2D eigenvalue weighted by atomic mass is 10.1. The first-order valence-corrected chi connectivity index (χ1v) is 9.16. The average Bonchev–Trinajstić information content (AvgIpc) is 2.63. The van der Waals surface area contributed by atoms with Crippen molar-refractivity contribution < 1.29 is 19.1 Å². The van der Waals surface area contributed by atoms with Crippen LogP contribution in [0.25, 0.3) is 0 Å². The SMILES string of the molecule is CCOc1ccc(C(=O)Nc2cccc(C(C)=O)c2)cc1COCC(C)C. The lowest BCUT2D eigenvalue weighted by molar-refractivity contribution is 0.0948. The van der Waals surface area contributed by atoms with E-state index >= 15 is 0 Å². The second-order valence-corrected chi connectivity index (χ2v) is 6.76. The molecule has 0 atom stereocenters. The molecular weight excluding hydrogens is 342 g/mol. The summed E-state index contributed by atoms with van der Waals surface area (Å²) in [5.74, 6) is 0.859. The molecule has 5 nitrogen and oxygen atoms in total. The summed E-state index contributed by atoms with van der Waals surface area (Å²) in [6, 6.07) is 12.2. The summed E-state index contributed by atoms with van der Waals surface area (Å²) in [4.78, 5) is 24.1. The van der Waals surface area contributed by atoms with Crippen LogP contribution in [0.5, 0.6) is 5.75 Å². The Morgan fingerprint density at radius 2 is 1.85 bits per heavy atom. The van der Waals surface area contributed by atoms with Crippen LogP contribution < -0.4 is 10.1 Å². The summed E-state index contributed by atoms with van der Waals surface area (Å²) in [5, 5.41) is 2.83. The molecule has 144 valence electrons. The van der Waals surface area contributed by atoms with Gasteiger partial charge in [0, 0.05) is 29.0 Å². The van der Waals surface area contributed by atoms with E-state index in [1.807, 2.05) is 6.92 Å². The quantitative estimate of drug-likeness (QED) is 0.650. The zero-order chi connectivity index (χ0) is 19.8. The number of amides is 1. The molecule has 2 aromatic rings. The van der Waals surface area contributed by atoms with Crippen LogP contribution >= 0.6 is 0 Å². The molecule has 2 rings (SSSR count). The van der Waals surface area contributed by atoms with Crippen molar-refractivity contribution in [1.29, 1.82) is 0 Å². The van der Waals surface area contributed by atoms with Crippen LogP contribution in [0.1, 0.15) is 54.0 Å². The largest absolute Gasteiger partial charge is 0.494 e. The van der Waals surface area contributed by atoms with E-state index in [0.29, 0.717) is 42.6 Å². The van der Waals surface area contributed by atoms with Crippen LogP contribution in [-0.2, 0) is 11.3 Å². The maximum atomic E-state index is 12.6. The highest BCUT2D eigenvalue weighted by molar-refractivity contribution is 6.05. The van der Waals surface area contributed by atoms with Gasteiger partial charge in [0.05, 0.1) is 13.2 Å². The molecule has 0 aliphatic rings. The summed E-state index contributed by atoms with van der Waals surface area (Å²) in [5.41, 5.74) is 2.49. The van der Waals surface area contributed by atoms with Gasteiger partial charge >= 0.3 is 0 Å². The van der Waals surface area contributed by atoms with E-state index in [4.69, 9.17) is 9.47 Å². The Kier molecular flexibility index (Phi) is 7.55. The summed E-state index contributed by atoms with van der Waals surface area (Å²) < 4.78 is 11.4. The molecule has 1 N–H and O–H groups in total. The highest BCUT2D eigenvalue weighted by atomic mass is 16.5. The molecule has 0 saturated heterocycles. The molecule has 2 aromatic carbocycles. The van der Waals surface area contributed by atoms with Crippen molar-refractivity contribution in [2.75, 3.05) is 18.5 Å². The number of anilines is 1. The van der Waals surface area contributed by atoms with Crippen molar-refractivity contribution in [2.45, 2.75) is 34.3 Å². The number of hydrogen-bond donors (Lipinski definition) is 1. The number of ketones is 1. The second kappa shape index (κ2) is 9.88. The smallest absolute Gasteiger partial charge is 0.255 e. The predicted octanol–water partition coefficient (Wildman–Crippen LogP) is 4.71. The molecule has 0 aliphatic heterocycles. The minimum Gasteiger partial charge on any atom is -0.494 e. The fourth-order valence-electron chi connectivity index (χ4n) is 2.55. The highest BCUT2D eigenvalue weighted by Crippen LogP contribution is 2.22. The summed E-state index contributed by atoms with van der Waals surface area (Å²) in [6.45, 7) is 9.15. The number of carbonyl (C=O) groups is 2. The third-order valence-corrected chi connectivity index (χ3v) is 3.86. The van der Waals surface area contributed by atoms with Crippen molar-refractivity contribution in [3.8, 4) is 5.75 Å². The molecule has 0 radical (unpaired) electrons. The van der Waals surface area contributed by atoms with Gasteiger partial charge in [-0.2, -0.15) is 0 Å². The van der Waals surface area contributed by atoms with Crippen molar-refractivity contribution in [2.24, 2.45) is 5.92 Å². The van der Waals surface area contributed by atoms with Crippen molar-refractivity contribution in [3.63, 3.8) is 0 Å². The third kappa shape index (κ3) is 6.22. The van der Waals surface area contributed by atoms with Crippen LogP contribution in [0, 0.1) is 5.92 Å². The number of Topliss-reactive ketones (excluding diaryl/α,β-unsaturated/α-hetero) is 1. The van der Waals surface area contributed by atoms with Gasteiger partial charge in [-0.3, -0.25) is 9.59 Å². The maximum absolute atomic E-state index is 12.6. The first-order chi connectivity index (χ1) is 12.9. The Labute approximate surface area is 160 Å². The van der Waals surface area contributed by atoms with Gasteiger partial charge in [-0.05, 0) is 50.1 Å². The van der Waals surface area contributed by atoms with Crippen LogP contribution in [0.15, 0.2) is 42.5 Å². The highest BCUT2D eigenvalue weighted by Gasteiger charge is 2.12. The van der Waals surface area contributed by atoms with E-state index < -0.39 is 0 Å². The lowest BCUT2D eigenvalue weighted by Gasteiger charge is -2.14. The fraction of sp³-hybridized carbons (Fsp3) is 0.364. The molecule has 0 fully saturated rings. The summed E-state index contributed by atoms with van der Waals surface area (Å²) >= 11 is 0. The number of rotatable bonds is 9. The topological polar surface area (TPSA) is 64.6 Å². The first kappa shape index (κ1) is 20.6. The normalized spacial score (nSPS) is 10.7. The van der Waals surface area contributed by atoms with Gasteiger partial charge in [0.15, 0.2) is 5.78 Å². The van der Waals surface area contributed by atoms with Gasteiger partial charge in [0.2, 0.25) is 0 Å². The molecule has 0 heterocycles. The second-order valence-electron chi connectivity index (χ2n) is 6.76. The van der Waals surface area contributed by atoms with E-state index in [-0.39, 0.29) is 11.7 Å². The Morgan fingerprint density at radius 3 is 2.52 bits per heavy atom. The fourth-order valence-corrected chi connectivity index (χ4v) is 2.55. The number of hydrogen-bond acceptors (Lipinski definition) is 4. The van der Waals surface area contributed by atoms with Crippen molar-refractivity contribution >= 4 is 17.4 Å². The number of benzene rings is 2. The van der Waals surface area contributed by atoms with E-state index in [1.165, 1.54) is 6.92 Å². The minimum absolute atomic E-state index is 0.0447. The van der Waals surface area contributed by atoms with Gasteiger partial charge < -0.3 is 14.8 Å². The predicted molar refractivity (Wildman–Crippen MR) is 107 cm³/mol. The zero-order valence-corrected chi connectivity index (χ0v) is 16.4. The van der Waals surface area contributed by atoms with Crippen LogP contribution in [-0.4, -0.2) is 24.9 Å². The Morgan fingerprint density at radius 1 is 1.07 bits per heavy atom. The number of carbonyl (C=O) groups excluding carboxylic acids is 2. The lowest BCUT2D eigenvalue weighted by Crippen LogP contribution is -2.13. The van der Waals surface area contributed by atoms with E-state index in [2.05, 4.69) is 19.2 Å². The van der Waals surface area contributed by atoms with Gasteiger partial charge in [-0.1, -0.05) is 26.0 Å². The third-order valence-electron chi connectivity index (χ3n) is 3.86. The molecule has 27 heavy (non-hydrogen) atoms. The van der Waals surface area contributed by atoms with Gasteiger partial charge in [0.1, 0.15) is 5.75 Å². The van der Waals surface area contributed by atoms with E-state index in [0.717, 1.165) is 11.3 Å². The summed E-state index contributed by atoms with van der Waals surface area (Å²) in [7, 11) is 0. The Balaban J connectivity index is 2.17. The van der Waals surface area contributed by atoms with Gasteiger partial charge in [0.25, 0.3) is 5.91 Å². The van der Waals surface area contributed by atoms with Crippen LogP contribution in [0.4, 0.5) is 5.69 Å². The van der Waals surface area contributed by atoms with Crippen molar-refractivity contribution in [3.05, 3.63) is 59.2 Å². The number of nitrogens with one attached hydrogen (secondary N) is 1. The monoisotopic (exact) mass is 369 g/mol. The van der Waals surface area contributed by atoms with E-state index in [9.17, 15) is 9.59 Å².